The van der Waals surface area contributed by atoms with Crippen LogP contribution in [0.5, 0.6) is 0 Å². The molecule has 0 amide bonds. The molecule has 2 aliphatic rings. The summed E-state index contributed by atoms with van der Waals surface area (Å²) in [5.41, 5.74) is 0.785. The molecule has 23 heavy (non-hydrogen) atoms. The normalized spacial score (nSPS) is 21.1. The molecule has 132 valence electrons. The van der Waals surface area contributed by atoms with Crippen LogP contribution < -0.4 is 5.32 Å². The minimum absolute atomic E-state index is 0. The predicted molar refractivity (Wildman–Crippen MR) is 96.6 cm³/mol. The third kappa shape index (κ3) is 5.18. The molecule has 3 nitrogen and oxygen atoms in total. The van der Waals surface area contributed by atoms with Gasteiger partial charge in [-0.2, -0.15) is 0 Å². The maximum Gasteiger partial charge on any atom is 0.129 e. The first-order chi connectivity index (χ1) is 10.3. The Balaban J connectivity index is 0.00000132. The standard InChI is InChI=1S/C16H22ClFN2O.2ClH/c17-13-1-2-14(15(18)11-13)16(12-3-9-21-10-4-12)20-7-5-19-6-8-20;;/h1-2,11-12,16,19H,3-10H2;2*1H/t16-;;/m1../s1. The maximum atomic E-state index is 14.5. The van der Waals surface area contributed by atoms with Crippen molar-refractivity contribution in [2.24, 2.45) is 5.92 Å². The molecular formula is C16H24Cl3FN2O. The molecule has 0 bridgehead atoms. The van der Waals surface area contributed by atoms with Crippen molar-refractivity contribution >= 4 is 36.4 Å². The number of halogens is 4. The molecule has 1 atom stereocenters. The van der Waals surface area contributed by atoms with Crippen LogP contribution in [0.25, 0.3) is 0 Å². The number of hydrogen-bond acceptors (Lipinski definition) is 3. The van der Waals surface area contributed by atoms with E-state index in [-0.39, 0.29) is 36.7 Å². The highest BCUT2D eigenvalue weighted by molar-refractivity contribution is 6.30. The van der Waals surface area contributed by atoms with Gasteiger partial charge in [-0.1, -0.05) is 17.7 Å². The Morgan fingerprint density at radius 1 is 1.17 bits per heavy atom. The van der Waals surface area contributed by atoms with E-state index in [0.717, 1.165) is 57.8 Å². The van der Waals surface area contributed by atoms with E-state index in [0.29, 0.717) is 10.9 Å². The van der Waals surface area contributed by atoms with Crippen molar-refractivity contribution < 1.29 is 9.13 Å². The molecule has 1 aromatic rings. The molecule has 0 unspecified atom stereocenters. The first kappa shape index (κ1) is 20.9. The topological polar surface area (TPSA) is 24.5 Å². The van der Waals surface area contributed by atoms with Gasteiger partial charge in [-0.15, -0.1) is 24.8 Å². The number of hydrogen-bond donors (Lipinski definition) is 1. The minimum atomic E-state index is -0.183. The lowest BCUT2D eigenvalue weighted by Gasteiger charge is -2.41. The van der Waals surface area contributed by atoms with Crippen LogP contribution in [-0.4, -0.2) is 44.3 Å². The van der Waals surface area contributed by atoms with Crippen LogP contribution in [-0.2, 0) is 4.74 Å². The second kappa shape index (κ2) is 10.0. The SMILES string of the molecule is Cl.Cl.Fc1cc(Cl)ccc1[C@@H](C1CCOCC1)N1CCNCC1. The van der Waals surface area contributed by atoms with Gasteiger partial charge in [0.05, 0.1) is 0 Å². The smallest absolute Gasteiger partial charge is 0.129 e. The lowest BCUT2D eigenvalue weighted by Crippen LogP contribution is -2.47. The lowest BCUT2D eigenvalue weighted by atomic mass is 9.85. The molecule has 2 heterocycles. The fraction of sp³-hybridized carbons (Fsp3) is 0.625. The highest BCUT2D eigenvalue weighted by Crippen LogP contribution is 2.37. The second-order valence-corrected chi connectivity index (χ2v) is 6.28. The summed E-state index contributed by atoms with van der Waals surface area (Å²) in [6.45, 7) is 5.42. The van der Waals surface area contributed by atoms with Gasteiger partial charge in [-0.05, 0) is 30.9 Å². The summed E-state index contributed by atoms with van der Waals surface area (Å²) >= 11 is 5.91. The summed E-state index contributed by atoms with van der Waals surface area (Å²) in [6.07, 6.45) is 1.99. The molecule has 0 aromatic heterocycles. The van der Waals surface area contributed by atoms with E-state index in [9.17, 15) is 4.39 Å². The fourth-order valence-electron chi connectivity index (χ4n) is 3.48. The van der Waals surface area contributed by atoms with E-state index >= 15 is 0 Å². The molecule has 3 rings (SSSR count). The fourth-order valence-corrected chi connectivity index (χ4v) is 3.64. The van der Waals surface area contributed by atoms with Crippen molar-refractivity contribution in [2.45, 2.75) is 18.9 Å². The zero-order chi connectivity index (χ0) is 14.7. The zero-order valence-corrected chi connectivity index (χ0v) is 15.4. The number of ether oxygens (including phenoxy) is 1. The zero-order valence-electron chi connectivity index (χ0n) is 13.0. The van der Waals surface area contributed by atoms with Crippen LogP contribution in [0, 0.1) is 11.7 Å². The number of rotatable bonds is 3. The van der Waals surface area contributed by atoms with Crippen LogP contribution in [0.1, 0.15) is 24.4 Å². The molecule has 0 saturated carbocycles. The van der Waals surface area contributed by atoms with Crippen molar-refractivity contribution in [1.82, 2.24) is 10.2 Å². The van der Waals surface area contributed by atoms with Gasteiger partial charge < -0.3 is 10.1 Å². The van der Waals surface area contributed by atoms with Gasteiger partial charge >= 0.3 is 0 Å². The summed E-state index contributed by atoms with van der Waals surface area (Å²) in [6, 6.07) is 5.23. The molecule has 2 saturated heterocycles. The van der Waals surface area contributed by atoms with Gasteiger partial charge in [0.2, 0.25) is 0 Å². The van der Waals surface area contributed by atoms with Crippen LogP contribution in [0.2, 0.25) is 5.02 Å². The summed E-state index contributed by atoms with van der Waals surface area (Å²) < 4.78 is 19.9. The summed E-state index contributed by atoms with van der Waals surface area (Å²) in [7, 11) is 0. The Labute approximate surface area is 154 Å². The second-order valence-electron chi connectivity index (χ2n) is 5.85. The van der Waals surface area contributed by atoms with Crippen LogP contribution in [0.15, 0.2) is 18.2 Å². The average Bonchev–Trinajstić information content (AvgIpc) is 2.52. The van der Waals surface area contributed by atoms with Gasteiger partial charge in [-0.25, -0.2) is 4.39 Å². The van der Waals surface area contributed by atoms with Gasteiger partial charge in [0.15, 0.2) is 0 Å². The van der Waals surface area contributed by atoms with Crippen molar-refractivity contribution in [3.8, 4) is 0 Å². The van der Waals surface area contributed by atoms with E-state index in [1.807, 2.05) is 6.07 Å². The number of piperazine rings is 1. The average molecular weight is 386 g/mol. The van der Waals surface area contributed by atoms with Crippen LogP contribution in [0.3, 0.4) is 0 Å². The van der Waals surface area contributed by atoms with Crippen molar-refractivity contribution in [3.05, 3.63) is 34.6 Å². The Hall–Kier alpha value is -0.100. The molecule has 0 aliphatic carbocycles. The number of nitrogens with one attached hydrogen (secondary N) is 1. The molecule has 2 aliphatic heterocycles. The van der Waals surface area contributed by atoms with Gasteiger partial charge in [0.25, 0.3) is 0 Å². The molecule has 7 heteroatoms. The Kier molecular flexibility index (Phi) is 9.12. The third-order valence-electron chi connectivity index (χ3n) is 4.54. The Morgan fingerprint density at radius 2 is 1.83 bits per heavy atom. The summed E-state index contributed by atoms with van der Waals surface area (Å²) in [5.74, 6) is 0.269. The van der Waals surface area contributed by atoms with Gasteiger partial charge in [0, 0.05) is 56.0 Å². The van der Waals surface area contributed by atoms with E-state index in [1.54, 1.807) is 6.07 Å². The maximum absolute atomic E-state index is 14.5. The Bertz CT molecular complexity index is 462. The molecule has 0 radical (unpaired) electrons. The molecule has 0 spiro atoms. The first-order valence-electron chi connectivity index (χ1n) is 7.73. The summed E-state index contributed by atoms with van der Waals surface area (Å²) in [5, 5.41) is 3.83. The first-order valence-corrected chi connectivity index (χ1v) is 8.11. The monoisotopic (exact) mass is 384 g/mol. The molecule has 1 N–H and O–H groups in total. The minimum Gasteiger partial charge on any atom is -0.381 e. The number of benzene rings is 1. The molecular weight excluding hydrogens is 362 g/mol. The Morgan fingerprint density at radius 3 is 2.43 bits per heavy atom. The lowest BCUT2D eigenvalue weighted by molar-refractivity contribution is 0.0203. The third-order valence-corrected chi connectivity index (χ3v) is 4.77. The van der Waals surface area contributed by atoms with E-state index in [2.05, 4.69) is 10.2 Å². The van der Waals surface area contributed by atoms with E-state index < -0.39 is 0 Å². The van der Waals surface area contributed by atoms with Crippen molar-refractivity contribution in [2.75, 3.05) is 39.4 Å². The molecule has 2 fully saturated rings. The van der Waals surface area contributed by atoms with E-state index in [4.69, 9.17) is 16.3 Å². The van der Waals surface area contributed by atoms with Crippen molar-refractivity contribution in [3.63, 3.8) is 0 Å². The molecule has 1 aromatic carbocycles. The van der Waals surface area contributed by atoms with Gasteiger partial charge in [-0.3, -0.25) is 4.90 Å². The van der Waals surface area contributed by atoms with Gasteiger partial charge in [0.1, 0.15) is 5.82 Å². The van der Waals surface area contributed by atoms with E-state index in [1.165, 1.54) is 6.07 Å². The largest absolute Gasteiger partial charge is 0.381 e. The highest BCUT2D eigenvalue weighted by Gasteiger charge is 2.32. The van der Waals surface area contributed by atoms with Crippen LogP contribution in [0.4, 0.5) is 4.39 Å². The predicted octanol–water partition coefficient (Wildman–Crippen LogP) is 3.70. The highest BCUT2D eigenvalue weighted by atomic mass is 35.5. The van der Waals surface area contributed by atoms with Crippen molar-refractivity contribution in [1.29, 1.82) is 0 Å². The quantitative estimate of drug-likeness (QED) is 0.858. The van der Waals surface area contributed by atoms with Crippen LogP contribution >= 0.6 is 36.4 Å². The summed E-state index contributed by atoms with van der Waals surface area (Å²) in [4.78, 5) is 2.42. The number of nitrogens with zero attached hydrogens (tertiary/aromatic N) is 1.